The highest BCUT2D eigenvalue weighted by atomic mass is 19.1. The Kier molecular flexibility index (Phi) is 3.21. The fraction of sp³-hybridized carbons (Fsp3) is 0.125. The maximum Gasteiger partial charge on any atom is 0.491 e. The topological polar surface area (TPSA) is 76.3 Å². The van der Waals surface area contributed by atoms with Crippen LogP contribution in [-0.2, 0) is 0 Å². The van der Waals surface area contributed by atoms with E-state index < -0.39 is 12.9 Å². The van der Waals surface area contributed by atoms with Crippen LogP contribution in [0.3, 0.4) is 0 Å². The van der Waals surface area contributed by atoms with E-state index in [1.807, 2.05) is 0 Å². The van der Waals surface area contributed by atoms with Crippen LogP contribution >= 0.6 is 0 Å². The van der Waals surface area contributed by atoms with Crippen molar-refractivity contribution < 1.29 is 14.4 Å². The molecule has 74 valence electrons. The Morgan fingerprint density at radius 1 is 1.50 bits per heavy atom. The summed E-state index contributed by atoms with van der Waals surface area (Å²) in [6, 6.07) is 2.68. The minimum atomic E-state index is -1.85. The lowest BCUT2D eigenvalue weighted by atomic mass is 9.79. The molecule has 4 N–H and O–H groups in total. The van der Waals surface area contributed by atoms with Crippen LogP contribution in [0.1, 0.15) is 5.56 Å². The maximum absolute atomic E-state index is 13.5. The molecule has 0 aliphatic carbocycles. The van der Waals surface area contributed by atoms with Crippen molar-refractivity contribution >= 4 is 24.5 Å². The summed E-state index contributed by atoms with van der Waals surface area (Å²) in [5.74, 6) is -0.747. The van der Waals surface area contributed by atoms with E-state index in [0.29, 0.717) is 5.56 Å². The number of benzene rings is 1. The van der Waals surface area contributed by atoms with Crippen LogP contribution in [0.5, 0.6) is 0 Å². The zero-order valence-corrected chi connectivity index (χ0v) is 7.58. The number of hydrogen-bond acceptors (Lipinski definition) is 4. The van der Waals surface area contributed by atoms with Crippen molar-refractivity contribution in [1.29, 1.82) is 5.41 Å². The summed E-state index contributed by atoms with van der Waals surface area (Å²) in [7, 11) is -0.347. The maximum atomic E-state index is 13.5. The van der Waals surface area contributed by atoms with Gasteiger partial charge in [0.15, 0.2) is 0 Å². The lowest BCUT2D eigenvalue weighted by molar-refractivity contribution is 0.423. The first-order valence-corrected chi connectivity index (χ1v) is 3.98. The molecule has 0 atom stereocenters. The highest BCUT2D eigenvalue weighted by Gasteiger charge is 2.20. The van der Waals surface area contributed by atoms with Gasteiger partial charge in [-0.25, -0.2) is 4.39 Å². The van der Waals surface area contributed by atoms with Gasteiger partial charge in [0.25, 0.3) is 0 Å². The predicted molar refractivity (Wildman–Crippen MR) is 53.7 cm³/mol. The zero-order valence-electron chi connectivity index (χ0n) is 7.58. The van der Waals surface area contributed by atoms with Crippen LogP contribution < -0.4 is 10.8 Å². The second-order valence-corrected chi connectivity index (χ2v) is 2.70. The molecule has 14 heavy (non-hydrogen) atoms. The molecule has 0 amide bonds. The molecule has 0 heterocycles. The van der Waals surface area contributed by atoms with Crippen molar-refractivity contribution in [3.8, 4) is 0 Å². The Bertz CT molecular complexity index is 357. The second-order valence-electron chi connectivity index (χ2n) is 2.70. The van der Waals surface area contributed by atoms with Gasteiger partial charge in [-0.15, -0.1) is 0 Å². The van der Waals surface area contributed by atoms with Gasteiger partial charge in [0.1, 0.15) is 5.82 Å². The van der Waals surface area contributed by atoms with Crippen molar-refractivity contribution in [2.45, 2.75) is 0 Å². The first kappa shape index (κ1) is 10.7. The summed E-state index contributed by atoms with van der Waals surface area (Å²) >= 11 is 0. The van der Waals surface area contributed by atoms with E-state index in [1.165, 1.54) is 19.2 Å². The number of halogens is 1. The van der Waals surface area contributed by atoms with Crippen LogP contribution in [0.2, 0.25) is 0 Å². The van der Waals surface area contributed by atoms with E-state index in [2.05, 4.69) is 5.32 Å². The molecule has 0 saturated carbocycles. The van der Waals surface area contributed by atoms with Crippen LogP contribution in [-0.4, -0.2) is 30.4 Å². The van der Waals surface area contributed by atoms with Crippen LogP contribution in [0, 0.1) is 11.2 Å². The van der Waals surface area contributed by atoms with E-state index in [0.717, 1.165) is 6.21 Å². The highest BCUT2D eigenvalue weighted by Crippen LogP contribution is 2.15. The summed E-state index contributed by atoms with van der Waals surface area (Å²) in [4.78, 5) is 0. The summed E-state index contributed by atoms with van der Waals surface area (Å²) in [5, 5.41) is 27.2. The third-order valence-electron chi connectivity index (χ3n) is 1.89. The standard InChI is InChI=1S/C8H10BFN2O2/c1-12-8-5(4-11)2-3-6(7(8)10)9(13)14/h2-4,11-14H,1H3. The minimum absolute atomic E-state index is 0.0885. The van der Waals surface area contributed by atoms with Crippen LogP contribution in [0.4, 0.5) is 10.1 Å². The molecule has 0 aliphatic rings. The van der Waals surface area contributed by atoms with E-state index in [4.69, 9.17) is 15.5 Å². The average Bonchev–Trinajstić information content (AvgIpc) is 2.16. The van der Waals surface area contributed by atoms with Crippen molar-refractivity contribution in [3.05, 3.63) is 23.5 Å². The molecule has 4 nitrogen and oxygen atoms in total. The largest absolute Gasteiger partial charge is 0.491 e. The third kappa shape index (κ3) is 1.76. The van der Waals surface area contributed by atoms with E-state index in [1.54, 1.807) is 0 Å². The Hall–Kier alpha value is -1.40. The molecular weight excluding hydrogens is 186 g/mol. The van der Waals surface area contributed by atoms with E-state index >= 15 is 0 Å². The van der Waals surface area contributed by atoms with E-state index in [9.17, 15) is 4.39 Å². The normalized spacial score (nSPS) is 9.71. The quantitative estimate of drug-likeness (QED) is 0.390. The Morgan fingerprint density at radius 2 is 2.14 bits per heavy atom. The molecule has 1 aromatic carbocycles. The van der Waals surface area contributed by atoms with Gasteiger partial charge in [-0.3, -0.25) is 0 Å². The van der Waals surface area contributed by atoms with Crippen LogP contribution in [0.15, 0.2) is 12.1 Å². The summed E-state index contributed by atoms with van der Waals surface area (Å²) < 4.78 is 13.5. The minimum Gasteiger partial charge on any atom is -0.423 e. The molecule has 0 radical (unpaired) electrons. The van der Waals surface area contributed by atoms with Crippen LogP contribution in [0.25, 0.3) is 0 Å². The highest BCUT2D eigenvalue weighted by molar-refractivity contribution is 6.58. The molecule has 6 heteroatoms. The molecule has 0 bridgehead atoms. The van der Waals surface area contributed by atoms with Gasteiger partial charge in [-0.2, -0.15) is 0 Å². The Balaban J connectivity index is 3.34. The first-order valence-electron chi connectivity index (χ1n) is 3.98. The predicted octanol–water partition coefficient (Wildman–Crippen LogP) is -0.455. The molecule has 0 spiro atoms. The Labute approximate surface area is 81.0 Å². The van der Waals surface area contributed by atoms with Gasteiger partial charge in [0, 0.05) is 24.3 Å². The second kappa shape index (κ2) is 4.21. The summed E-state index contributed by atoms with van der Waals surface area (Å²) in [6.45, 7) is 0. The van der Waals surface area contributed by atoms with Gasteiger partial charge in [0.05, 0.1) is 5.69 Å². The van der Waals surface area contributed by atoms with Gasteiger partial charge >= 0.3 is 7.12 Å². The SMILES string of the molecule is CNc1c(C=N)ccc(B(O)O)c1F. The molecular formula is C8H10BFN2O2. The molecule has 0 aliphatic heterocycles. The molecule has 0 unspecified atom stereocenters. The van der Waals surface area contributed by atoms with Gasteiger partial charge in [-0.05, 0) is 0 Å². The zero-order chi connectivity index (χ0) is 10.7. The fourth-order valence-electron chi connectivity index (χ4n) is 1.18. The van der Waals surface area contributed by atoms with Gasteiger partial charge < -0.3 is 20.8 Å². The molecule has 0 saturated heterocycles. The summed E-state index contributed by atoms with van der Waals surface area (Å²) in [5.41, 5.74) is 0.236. The third-order valence-corrected chi connectivity index (χ3v) is 1.89. The summed E-state index contributed by atoms with van der Waals surface area (Å²) in [6.07, 6.45) is 0.989. The molecule has 1 aromatic rings. The monoisotopic (exact) mass is 196 g/mol. The van der Waals surface area contributed by atoms with Crippen molar-refractivity contribution in [3.63, 3.8) is 0 Å². The smallest absolute Gasteiger partial charge is 0.423 e. The van der Waals surface area contributed by atoms with E-state index in [-0.39, 0.29) is 11.2 Å². The number of nitrogens with one attached hydrogen (secondary N) is 2. The van der Waals surface area contributed by atoms with Crippen molar-refractivity contribution in [1.82, 2.24) is 0 Å². The fourth-order valence-corrected chi connectivity index (χ4v) is 1.18. The van der Waals surface area contributed by atoms with Gasteiger partial charge in [0.2, 0.25) is 0 Å². The Morgan fingerprint density at radius 3 is 2.57 bits per heavy atom. The molecule has 0 aromatic heterocycles. The molecule has 0 fully saturated rings. The lowest BCUT2D eigenvalue weighted by Gasteiger charge is -2.09. The molecule has 1 rings (SSSR count). The first-order chi connectivity index (χ1) is 6.61. The lowest BCUT2D eigenvalue weighted by Crippen LogP contribution is -2.33. The number of anilines is 1. The van der Waals surface area contributed by atoms with Crippen molar-refractivity contribution in [2.24, 2.45) is 0 Å². The number of hydrogen-bond donors (Lipinski definition) is 4. The van der Waals surface area contributed by atoms with Gasteiger partial charge in [-0.1, -0.05) is 12.1 Å². The van der Waals surface area contributed by atoms with Crippen molar-refractivity contribution in [2.75, 3.05) is 12.4 Å². The number of rotatable bonds is 3. The average molecular weight is 196 g/mol.